The summed E-state index contributed by atoms with van der Waals surface area (Å²) in [7, 11) is 0. The van der Waals surface area contributed by atoms with Gasteiger partial charge in [0.05, 0.1) is 0 Å². The second-order valence-electron chi connectivity index (χ2n) is 8.06. The molecule has 1 aromatic carbocycles. The zero-order valence-corrected chi connectivity index (χ0v) is 16.0. The Morgan fingerprint density at radius 3 is 2.36 bits per heavy atom. The van der Waals surface area contributed by atoms with Crippen molar-refractivity contribution in [3.05, 3.63) is 35.6 Å². The van der Waals surface area contributed by atoms with Crippen LogP contribution in [0.15, 0.2) is 24.3 Å². The maximum Gasteiger partial charge on any atom is 0.327 e. The number of hydrogen-bond donors (Lipinski definition) is 0. The second kappa shape index (κ2) is 7.89. The standard InChI is InChI=1S/C21H26FN3O3/c22-16-8-6-15(7-9-16)12-23(17-4-2-1-3-5-17)19(26)14-25-20(27)13-24(21(25)28)18-10-11-18/h6-9,17-18H,1-5,10-14H2. The van der Waals surface area contributed by atoms with E-state index in [0.29, 0.717) is 6.54 Å². The average molecular weight is 387 g/mol. The van der Waals surface area contributed by atoms with E-state index in [1.165, 1.54) is 12.1 Å². The fourth-order valence-corrected chi connectivity index (χ4v) is 4.21. The third kappa shape index (κ3) is 4.03. The molecule has 0 atom stereocenters. The molecule has 0 bridgehead atoms. The Balaban J connectivity index is 1.48. The summed E-state index contributed by atoms with van der Waals surface area (Å²) in [5, 5.41) is 0. The first-order valence-electron chi connectivity index (χ1n) is 10.2. The second-order valence-corrected chi connectivity index (χ2v) is 8.06. The number of halogens is 1. The van der Waals surface area contributed by atoms with E-state index < -0.39 is 0 Å². The molecular formula is C21H26FN3O3. The first kappa shape index (κ1) is 18.9. The topological polar surface area (TPSA) is 60.9 Å². The number of imide groups is 1. The highest BCUT2D eigenvalue weighted by Gasteiger charge is 2.44. The molecule has 28 heavy (non-hydrogen) atoms. The van der Waals surface area contributed by atoms with Gasteiger partial charge in [0.15, 0.2) is 0 Å². The largest absolute Gasteiger partial charge is 0.334 e. The lowest BCUT2D eigenvalue weighted by molar-refractivity contribution is -0.139. The number of carbonyl (C=O) groups excluding carboxylic acids is 3. The van der Waals surface area contributed by atoms with Crippen molar-refractivity contribution in [3.63, 3.8) is 0 Å². The quantitative estimate of drug-likeness (QED) is 0.705. The van der Waals surface area contributed by atoms with E-state index >= 15 is 0 Å². The van der Waals surface area contributed by atoms with Gasteiger partial charge in [-0.15, -0.1) is 0 Å². The number of urea groups is 1. The van der Waals surface area contributed by atoms with E-state index in [0.717, 1.165) is 55.4 Å². The van der Waals surface area contributed by atoms with E-state index in [1.54, 1.807) is 21.9 Å². The van der Waals surface area contributed by atoms with Crippen LogP contribution < -0.4 is 0 Å². The van der Waals surface area contributed by atoms with Gasteiger partial charge in [-0.25, -0.2) is 9.18 Å². The van der Waals surface area contributed by atoms with Gasteiger partial charge in [-0.05, 0) is 43.4 Å². The van der Waals surface area contributed by atoms with Crippen LogP contribution in [0.1, 0.15) is 50.5 Å². The summed E-state index contributed by atoms with van der Waals surface area (Å²) < 4.78 is 13.2. The molecule has 0 radical (unpaired) electrons. The van der Waals surface area contributed by atoms with Crippen LogP contribution in [-0.2, 0) is 16.1 Å². The number of rotatable bonds is 6. The van der Waals surface area contributed by atoms with Crippen LogP contribution in [0.3, 0.4) is 0 Å². The van der Waals surface area contributed by atoms with Gasteiger partial charge in [0.1, 0.15) is 18.9 Å². The monoisotopic (exact) mass is 387 g/mol. The van der Waals surface area contributed by atoms with Gasteiger partial charge >= 0.3 is 6.03 Å². The highest BCUT2D eigenvalue weighted by Crippen LogP contribution is 2.30. The average Bonchev–Trinajstić information content (AvgIpc) is 3.50. The zero-order valence-electron chi connectivity index (χ0n) is 16.0. The van der Waals surface area contributed by atoms with E-state index in [4.69, 9.17) is 0 Å². The molecule has 1 aliphatic heterocycles. The van der Waals surface area contributed by atoms with Crippen LogP contribution in [0.25, 0.3) is 0 Å². The number of amides is 4. The molecule has 1 saturated heterocycles. The van der Waals surface area contributed by atoms with E-state index in [1.807, 2.05) is 0 Å². The summed E-state index contributed by atoms with van der Waals surface area (Å²) in [5.74, 6) is -0.820. The van der Waals surface area contributed by atoms with Gasteiger partial charge in [-0.3, -0.25) is 14.5 Å². The summed E-state index contributed by atoms with van der Waals surface area (Å²) in [6.07, 6.45) is 6.99. The molecule has 0 spiro atoms. The van der Waals surface area contributed by atoms with Gasteiger partial charge < -0.3 is 9.80 Å². The number of benzene rings is 1. The van der Waals surface area contributed by atoms with Gasteiger partial charge in [-0.1, -0.05) is 31.4 Å². The van der Waals surface area contributed by atoms with Crippen molar-refractivity contribution in [1.82, 2.24) is 14.7 Å². The lowest BCUT2D eigenvalue weighted by atomic mass is 9.93. The molecule has 4 amide bonds. The maximum absolute atomic E-state index is 13.2. The molecule has 0 aromatic heterocycles. The van der Waals surface area contributed by atoms with Gasteiger partial charge in [0.2, 0.25) is 5.91 Å². The van der Waals surface area contributed by atoms with Crippen LogP contribution in [0.2, 0.25) is 0 Å². The lowest BCUT2D eigenvalue weighted by Crippen LogP contribution is -2.47. The number of hydrogen-bond acceptors (Lipinski definition) is 3. The van der Waals surface area contributed by atoms with E-state index in [9.17, 15) is 18.8 Å². The van der Waals surface area contributed by atoms with Crippen molar-refractivity contribution in [2.75, 3.05) is 13.1 Å². The van der Waals surface area contributed by atoms with E-state index in [2.05, 4.69) is 0 Å². The summed E-state index contributed by atoms with van der Waals surface area (Å²) in [5.41, 5.74) is 0.846. The lowest BCUT2D eigenvalue weighted by Gasteiger charge is -2.35. The zero-order chi connectivity index (χ0) is 19.7. The summed E-state index contributed by atoms with van der Waals surface area (Å²) in [4.78, 5) is 42.5. The van der Waals surface area contributed by atoms with Gasteiger partial charge in [0.25, 0.3) is 5.91 Å². The third-order valence-electron chi connectivity index (χ3n) is 5.97. The molecule has 7 heteroatoms. The minimum atomic E-state index is -0.341. The molecule has 2 aliphatic carbocycles. The third-order valence-corrected chi connectivity index (χ3v) is 5.97. The Morgan fingerprint density at radius 1 is 1.04 bits per heavy atom. The van der Waals surface area contributed by atoms with Crippen molar-refractivity contribution in [2.24, 2.45) is 0 Å². The summed E-state index contributed by atoms with van der Waals surface area (Å²) >= 11 is 0. The highest BCUT2D eigenvalue weighted by atomic mass is 19.1. The molecule has 0 N–H and O–H groups in total. The van der Waals surface area contributed by atoms with Crippen molar-refractivity contribution in [2.45, 2.75) is 63.6 Å². The molecule has 4 rings (SSSR count). The minimum absolute atomic E-state index is 0.0815. The fraction of sp³-hybridized carbons (Fsp3) is 0.571. The van der Waals surface area contributed by atoms with Crippen molar-refractivity contribution >= 4 is 17.8 Å². The Morgan fingerprint density at radius 2 is 1.71 bits per heavy atom. The number of carbonyl (C=O) groups is 3. The summed E-state index contributed by atoms with van der Waals surface area (Å²) in [6, 6.07) is 6.05. The summed E-state index contributed by atoms with van der Waals surface area (Å²) in [6.45, 7) is 0.239. The normalized spacial score (nSPS) is 20.8. The predicted octanol–water partition coefficient (Wildman–Crippen LogP) is 2.91. The molecule has 3 aliphatic rings. The van der Waals surface area contributed by atoms with Crippen LogP contribution in [0, 0.1) is 5.82 Å². The Kier molecular flexibility index (Phi) is 5.33. The van der Waals surface area contributed by atoms with Crippen LogP contribution in [0.5, 0.6) is 0 Å². The van der Waals surface area contributed by atoms with Crippen LogP contribution >= 0.6 is 0 Å². The molecule has 3 fully saturated rings. The Bertz CT molecular complexity index is 757. The smallest absolute Gasteiger partial charge is 0.327 e. The molecule has 0 unspecified atom stereocenters. The van der Waals surface area contributed by atoms with Gasteiger partial charge in [-0.2, -0.15) is 0 Å². The predicted molar refractivity (Wildman–Crippen MR) is 101 cm³/mol. The molecular weight excluding hydrogens is 361 g/mol. The first-order chi connectivity index (χ1) is 13.5. The molecule has 2 saturated carbocycles. The highest BCUT2D eigenvalue weighted by molar-refractivity contribution is 6.04. The molecule has 1 heterocycles. The first-order valence-corrected chi connectivity index (χ1v) is 10.2. The molecule has 150 valence electrons. The maximum atomic E-state index is 13.2. The Hall–Kier alpha value is -2.44. The fourth-order valence-electron chi connectivity index (χ4n) is 4.21. The van der Waals surface area contributed by atoms with Gasteiger partial charge in [0, 0.05) is 18.6 Å². The Labute approximate surface area is 164 Å². The molecule has 1 aromatic rings. The molecule has 6 nitrogen and oxygen atoms in total. The van der Waals surface area contributed by atoms with Crippen molar-refractivity contribution in [3.8, 4) is 0 Å². The van der Waals surface area contributed by atoms with E-state index in [-0.39, 0.29) is 48.8 Å². The van der Waals surface area contributed by atoms with Crippen LogP contribution in [-0.4, -0.2) is 57.7 Å². The van der Waals surface area contributed by atoms with Crippen molar-refractivity contribution < 1.29 is 18.8 Å². The SMILES string of the molecule is O=C1CN(C2CC2)C(=O)N1CC(=O)N(Cc1ccc(F)cc1)C1CCCCC1. The van der Waals surface area contributed by atoms with Crippen LogP contribution in [0.4, 0.5) is 9.18 Å². The minimum Gasteiger partial charge on any atom is -0.334 e. The van der Waals surface area contributed by atoms with Crippen molar-refractivity contribution in [1.29, 1.82) is 0 Å². The number of nitrogens with zero attached hydrogens (tertiary/aromatic N) is 3.